The van der Waals surface area contributed by atoms with Gasteiger partial charge in [0.15, 0.2) is 5.75 Å². The van der Waals surface area contributed by atoms with Gasteiger partial charge in [-0.25, -0.2) is 0 Å². The minimum Gasteiger partial charge on any atom is -0.490 e. The van der Waals surface area contributed by atoms with Gasteiger partial charge in [0.2, 0.25) is 0 Å². The lowest BCUT2D eigenvalue weighted by molar-refractivity contribution is -0.385. The fraction of sp³-hybridized carbons (Fsp3) is 0.455. The number of hydrogen-bond donors (Lipinski definition) is 1. The van der Waals surface area contributed by atoms with E-state index in [1.54, 1.807) is 23.9 Å². The SMILES string of the molecule is COc1cc(NCC(C)SC)ccc1[N+](=O)[O-]. The molecule has 0 bridgehead atoms. The van der Waals surface area contributed by atoms with Crippen LogP contribution < -0.4 is 10.1 Å². The van der Waals surface area contributed by atoms with Crippen molar-refractivity contribution < 1.29 is 9.66 Å². The molecule has 0 fully saturated rings. The van der Waals surface area contributed by atoms with Crippen LogP contribution in [0, 0.1) is 10.1 Å². The largest absolute Gasteiger partial charge is 0.490 e. The fourth-order valence-electron chi connectivity index (χ4n) is 1.28. The number of benzene rings is 1. The first-order valence-corrected chi connectivity index (χ1v) is 6.46. The van der Waals surface area contributed by atoms with E-state index in [2.05, 4.69) is 12.2 Å². The second-order valence-corrected chi connectivity index (χ2v) is 4.85. The van der Waals surface area contributed by atoms with Gasteiger partial charge < -0.3 is 10.1 Å². The highest BCUT2D eigenvalue weighted by molar-refractivity contribution is 7.99. The molecular weight excluding hydrogens is 240 g/mol. The van der Waals surface area contributed by atoms with E-state index in [-0.39, 0.29) is 11.4 Å². The molecule has 0 spiro atoms. The normalized spacial score (nSPS) is 11.9. The van der Waals surface area contributed by atoms with Crippen molar-refractivity contribution in [2.75, 3.05) is 25.2 Å². The number of rotatable bonds is 6. The van der Waals surface area contributed by atoms with Crippen molar-refractivity contribution >= 4 is 23.1 Å². The predicted molar refractivity (Wildman–Crippen MR) is 71.1 cm³/mol. The standard InChI is InChI=1S/C11H16N2O3S/c1-8(17-3)7-12-9-4-5-10(13(14)15)11(6-9)16-2/h4-6,8,12H,7H2,1-3H3. The molecule has 5 nitrogen and oxygen atoms in total. The van der Waals surface area contributed by atoms with Crippen LogP contribution in [0.2, 0.25) is 0 Å². The van der Waals surface area contributed by atoms with Crippen molar-refractivity contribution in [2.24, 2.45) is 0 Å². The molecule has 0 aliphatic heterocycles. The number of nitrogens with zero attached hydrogens (tertiary/aromatic N) is 1. The molecule has 0 aromatic heterocycles. The van der Waals surface area contributed by atoms with Gasteiger partial charge in [-0.1, -0.05) is 6.92 Å². The van der Waals surface area contributed by atoms with Crippen LogP contribution in [0.15, 0.2) is 18.2 Å². The Hall–Kier alpha value is -1.43. The van der Waals surface area contributed by atoms with Gasteiger partial charge in [0.1, 0.15) is 0 Å². The second kappa shape index (κ2) is 6.34. The number of nitro groups is 1. The van der Waals surface area contributed by atoms with Crippen LogP contribution in [0.3, 0.4) is 0 Å². The topological polar surface area (TPSA) is 64.4 Å². The van der Waals surface area contributed by atoms with Crippen molar-refractivity contribution in [2.45, 2.75) is 12.2 Å². The number of methoxy groups -OCH3 is 1. The van der Waals surface area contributed by atoms with Crippen LogP contribution in [-0.2, 0) is 0 Å². The Balaban J connectivity index is 2.79. The van der Waals surface area contributed by atoms with E-state index in [1.165, 1.54) is 13.2 Å². The smallest absolute Gasteiger partial charge is 0.311 e. The molecule has 1 rings (SSSR count). The Bertz CT molecular complexity index is 398. The Kier molecular flexibility index (Phi) is 5.09. The maximum absolute atomic E-state index is 10.7. The van der Waals surface area contributed by atoms with Gasteiger partial charge in [-0.2, -0.15) is 11.8 Å². The Morgan fingerprint density at radius 3 is 2.82 bits per heavy atom. The number of thioether (sulfide) groups is 1. The zero-order chi connectivity index (χ0) is 12.8. The fourth-order valence-corrected chi connectivity index (χ4v) is 1.53. The minimum atomic E-state index is -0.451. The van der Waals surface area contributed by atoms with E-state index in [9.17, 15) is 10.1 Å². The monoisotopic (exact) mass is 256 g/mol. The molecule has 0 heterocycles. The summed E-state index contributed by atoms with van der Waals surface area (Å²) >= 11 is 1.76. The molecule has 1 aromatic rings. The molecule has 17 heavy (non-hydrogen) atoms. The highest BCUT2D eigenvalue weighted by Crippen LogP contribution is 2.29. The van der Waals surface area contributed by atoms with Crippen LogP contribution in [-0.4, -0.2) is 30.1 Å². The van der Waals surface area contributed by atoms with Crippen molar-refractivity contribution in [3.63, 3.8) is 0 Å². The van der Waals surface area contributed by atoms with Gasteiger partial charge in [-0.3, -0.25) is 10.1 Å². The molecule has 0 aliphatic rings. The van der Waals surface area contributed by atoms with E-state index in [0.717, 1.165) is 12.2 Å². The van der Waals surface area contributed by atoms with Crippen molar-refractivity contribution in [3.8, 4) is 5.75 Å². The van der Waals surface area contributed by atoms with Gasteiger partial charge in [0, 0.05) is 29.6 Å². The van der Waals surface area contributed by atoms with E-state index < -0.39 is 4.92 Å². The molecular formula is C11H16N2O3S. The third kappa shape index (κ3) is 3.81. The second-order valence-electron chi connectivity index (χ2n) is 3.57. The van der Waals surface area contributed by atoms with Crippen molar-refractivity contribution in [3.05, 3.63) is 28.3 Å². The molecule has 94 valence electrons. The van der Waals surface area contributed by atoms with E-state index in [1.807, 2.05) is 6.26 Å². The lowest BCUT2D eigenvalue weighted by atomic mass is 10.2. The molecule has 0 radical (unpaired) electrons. The molecule has 1 aromatic carbocycles. The number of nitrogens with one attached hydrogen (secondary N) is 1. The van der Waals surface area contributed by atoms with Crippen LogP contribution in [0.5, 0.6) is 5.75 Å². The number of nitro benzene ring substituents is 1. The van der Waals surface area contributed by atoms with Gasteiger partial charge in [0.25, 0.3) is 0 Å². The summed E-state index contributed by atoms with van der Waals surface area (Å²) in [5.74, 6) is 0.275. The Morgan fingerprint density at radius 2 is 2.29 bits per heavy atom. The first-order valence-electron chi connectivity index (χ1n) is 5.17. The van der Waals surface area contributed by atoms with Gasteiger partial charge in [0.05, 0.1) is 12.0 Å². The van der Waals surface area contributed by atoms with Crippen LogP contribution in [0.1, 0.15) is 6.92 Å². The summed E-state index contributed by atoms with van der Waals surface area (Å²) in [6, 6.07) is 4.78. The van der Waals surface area contributed by atoms with E-state index in [0.29, 0.717) is 5.25 Å². The van der Waals surface area contributed by atoms with Crippen molar-refractivity contribution in [1.82, 2.24) is 0 Å². The first kappa shape index (κ1) is 13.6. The zero-order valence-corrected chi connectivity index (χ0v) is 10.9. The van der Waals surface area contributed by atoms with Crippen LogP contribution >= 0.6 is 11.8 Å². The van der Waals surface area contributed by atoms with Gasteiger partial charge in [-0.15, -0.1) is 0 Å². The summed E-state index contributed by atoms with van der Waals surface area (Å²) in [6.45, 7) is 2.92. The maximum atomic E-state index is 10.7. The van der Waals surface area contributed by atoms with Crippen LogP contribution in [0.4, 0.5) is 11.4 Å². The predicted octanol–water partition coefficient (Wildman–Crippen LogP) is 2.77. The summed E-state index contributed by atoms with van der Waals surface area (Å²) in [7, 11) is 1.43. The maximum Gasteiger partial charge on any atom is 0.311 e. The first-order chi connectivity index (χ1) is 8.08. The molecule has 1 unspecified atom stereocenters. The summed E-state index contributed by atoms with van der Waals surface area (Å²) in [5.41, 5.74) is 0.810. The Morgan fingerprint density at radius 1 is 1.59 bits per heavy atom. The number of hydrogen-bond acceptors (Lipinski definition) is 5. The van der Waals surface area contributed by atoms with Gasteiger partial charge >= 0.3 is 5.69 Å². The molecule has 6 heteroatoms. The average Bonchev–Trinajstić information content (AvgIpc) is 2.35. The molecule has 1 atom stereocenters. The summed E-state index contributed by atoms with van der Waals surface area (Å²) in [4.78, 5) is 10.3. The molecule has 0 aliphatic carbocycles. The third-order valence-electron chi connectivity index (χ3n) is 2.37. The summed E-state index contributed by atoms with van der Waals surface area (Å²) < 4.78 is 4.99. The molecule has 1 N–H and O–H groups in total. The zero-order valence-electron chi connectivity index (χ0n) is 10.1. The quantitative estimate of drug-likeness (QED) is 0.626. The summed E-state index contributed by atoms with van der Waals surface area (Å²) in [6.07, 6.45) is 2.04. The Labute approximate surface area is 105 Å². The molecule has 0 amide bonds. The minimum absolute atomic E-state index is 0.0176. The molecule has 0 saturated heterocycles. The van der Waals surface area contributed by atoms with Crippen molar-refractivity contribution in [1.29, 1.82) is 0 Å². The highest BCUT2D eigenvalue weighted by Gasteiger charge is 2.14. The van der Waals surface area contributed by atoms with Crippen LogP contribution in [0.25, 0.3) is 0 Å². The lowest BCUT2D eigenvalue weighted by Gasteiger charge is -2.11. The molecule has 0 saturated carbocycles. The average molecular weight is 256 g/mol. The van der Waals surface area contributed by atoms with Gasteiger partial charge in [-0.05, 0) is 12.3 Å². The summed E-state index contributed by atoms with van der Waals surface area (Å²) in [5, 5.41) is 14.4. The number of anilines is 1. The van der Waals surface area contributed by atoms with E-state index >= 15 is 0 Å². The van der Waals surface area contributed by atoms with E-state index in [4.69, 9.17) is 4.74 Å². The third-order valence-corrected chi connectivity index (χ3v) is 3.34. The highest BCUT2D eigenvalue weighted by atomic mass is 32.2. The lowest BCUT2D eigenvalue weighted by Crippen LogP contribution is -2.12. The number of ether oxygens (including phenoxy) is 1.